The molecule has 0 unspecified atom stereocenters. The normalized spacial score (nSPS) is 11.8. The Bertz CT molecular complexity index is 1110. The van der Waals surface area contributed by atoms with Gasteiger partial charge in [0.15, 0.2) is 0 Å². The molecular weight excluding hydrogens is 495 g/mol. The molecule has 2 heterocycles. The summed E-state index contributed by atoms with van der Waals surface area (Å²) in [6.45, 7) is 6.66. The second kappa shape index (κ2) is 13.4. The van der Waals surface area contributed by atoms with Crippen LogP contribution in [-0.4, -0.2) is 39.2 Å². The van der Waals surface area contributed by atoms with Gasteiger partial charge in [-0.1, -0.05) is 38.1 Å². The number of carbonyl (C=O) groups excluding carboxylic acids is 1. The lowest BCUT2D eigenvalue weighted by Crippen LogP contribution is -2.40. The summed E-state index contributed by atoms with van der Waals surface area (Å²) in [5.41, 5.74) is 1.74. The lowest BCUT2D eigenvalue weighted by Gasteiger charge is -2.21. The average Bonchev–Trinajstić information content (AvgIpc) is 3.30. The van der Waals surface area contributed by atoms with E-state index >= 15 is 0 Å². The number of aryl methyl sites for hydroxylation is 1. The van der Waals surface area contributed by atoms with Gasteiger partial charge in [-0.2, -0.15) is 18.2 Å². The molecule has 0 bridgehead atoms. The minimum atomic E-state index is -5.08. The number of nitrogens with one attached hydrogen (secondary N) is 3. The van der Waals surface area contributed by atoms with Crippen LogP contribution in [0.15, 0.2) is 53.9 Å². The van der Waals surface area contributed by atoms with E-state index in [1.54, 1.807) is 11.3 Å². The molecule has 12 heteroatoms. The third kappa shape index (κ3) is 10.3. The maximum atomic E-state index is 12.8. The number of carbonyl (C=O) groups is 2. The smallest absolute Gasteiger partial charge is 0.475 e. The number of amides is 1. The Hall–Kier alpha value is -3.67. The summed E-state index contributed by atoms with van der Waals surface area (Å²) in [6, 6.07) is 15.3. The zero-order valence-electron chi connectivity index (χ0n) is 20.0. The Morgan fingerprint density at radius 2 is 1.75 bits per heavy atom. The van der Waals surface area contributed by atoms with Crippen molar-refractivity contribution in [3.8, 4) is 0 Å². The number of aromatic nitrogens is 2. The van der Waals surface area contributed by atoms with Crippen molar-refractivity contribution < 1.29 is 27.9 Å². The van der Waals surface area contributed by atoms with Crippen LogP contribution >= 0.6 is 11.3 Å². The number of hydrogen-bond acceptors (Lipinski definition) is 7. The van der Waals surface area contributed by atoms with E-state index < -0.39 is 12.1 Å². The van der Waals surface area contributed by atoms with E-state index in [0.717, 1.165) is 16.3 Å². The number of benzene rings is 1. The van der Waals surface area contributed by atoms with Gasteiger partial charge in [-0.25, -0.2) is 9.78 Å². The van der Waals surface area contributed by atoms with E-state index in [2.05, 4.69) is 39.8 Å². The number of carboxylic acid groups (broad SMARTS) is 1. The van der Waals surface area contributed by atoms with Crippen LogP contribution in [0.5, 0.6) is 0 Å². The second-order valence-corrected chi connectivity index (χ2v) is 9.17. The van der Waals surface area contributed by atoms with Crippen molar-refractivity contribution in [3.63, 3.8) is 0 Å². The number of alkyl halides is 3. The first kappa shape index (κ1) is 28.6. The first-order valence-electron chi connectivity index (χ1n) is 11.0. The van der Waals surface area contributed by atoms with Crippen LogP contribution < -0.4 is 16.0 Å². The maximum absolute atomic E-state index is 12.8. The topological polar surface area (TPSA) is 116 Å². The number of thiophene rings is 1. The molecule has 0 radical (unpaired) electrons. The number of anilines is 3. The number of aliphatic carboxylic acids is 1. The van der Waals surface area contributed by atoms with Crippen molar-refractivity contribution in [1.82, 2.24) is 15.3 Å². The van der Waals surface area contributed by atoms with Crippen LogP contribution in [0, 0.1) is 12.8 Å². The SMILES string of the molecule is Cc1cc(N[C@@H](CC(C)C)C(=O)NCc2cccs2)nc(Nc2ccccc2)n1.O=C(O)C(F)(F)F. The van der Waals surface area contributed by atoms with E-state index in [0.29, 0.717) is 30.6 Å². The van der Waals surface area contributed by atoms with Crippen molar-refractivity contribution in [1.29, 1.82) is 0 Å². The van der Waals surface area contributed by atoms with Gasteiger partial charge in [0, 0.05) is 22.3 Å². The van der Waals surface area contributed by atoms with Gasteiger partial charge in [-0.3, -0.25) is 4.79 Å². The molecule has 0 fully saturated rings. The highest BCUT2D eigenvalue weighted by molar-refractivity contribution is 7.09. The molecule has 36 heavy (non-hydrogen) atoms. The summed E-state index contributed by atoms with van der Waals surface area (Å²) in [7, 11) is 0. The number of rotatable bonds is 9. The molecule has 0 saturated heterocycles. The predicted octanol–water partition coefficient (Wildman–Crippen LogP) is 5.37. The van der Waals surface area contributed by atoms with Crippen LogP contribution in [0.3, 0.4) is 0 Å². The van der Waals surface area contributed by atoms with Crippen molar-refractivity contribution in [3.05, 3.63) is 64.5 Å². The summed E-state index contributed by atoms with van der Waals surface area (Å²) in [5.74, 6) is -1.29. The Balaban J connectivity index is 0.000000572. The van der Waals surface area contributed by atoms with Gasteiger partial charge in [0.2, 0.25) is 11.9 Å². The van der Waals surface area contributed by atoms with Crippen molar-refractivity contribution in [2.75, 3.05) is 10.6 Å². The monoisotopic (exact) mass is 523 g/mol. The Kier molecular flexibility index (Phi) is 10.7. The summed E-state index contributed by atoms with van der Waals surface area (Å²) < 4.78 is 31.7. The predicted molar refractivity (Wildman–Crippen MR) is 133 cm³/mol. The fourth-order valence-corrected chi connectivity index (χ4v) is 3.59. The summed E-state index contributed by atoms with van der Waals surface area (Å²) in [6.07, 6.45) is -4.37. The zero-order valence-corrected chi connectivity index (χ0v) is 20.8. The highest BCUT2D eigenvalue weighted by atomic mass is 32.1. The molecule has 1 atom stereocenters. The van der Waals surface area contributed by atoms with Crippen LogP contribution in [0.4, 0.5) is 30.6 Å². The number of para-hydroxylation sites is 1. The van der Waals surface area contributed by atoms with Crippen LogP contribution in [-0.2, 0) is 16.1 Å². The van der Waals surface area contributed by atoms with E-state index in [-0.39, 0.29) is 11.9 Å². The van der Waals surface area contributed by atoms with Crippen molar-refractivity contribution in [2.45, 2.75) is 46.0 Å². The largest absolute Gasteiger partial charge is 0.490 e. The van der Waals surface area contributed by atoms with Crippen molar-refractivity contribution >= 4 is 40.7 Å². The highest BCUT2D eigenvalue weighted by Crippen LogP contribution is 2.18. The average molecular weight is 524 g/mol. The van der Waals surface area contributed by atoms with Crippen LogP contribution in [0.25, 0.3) is 0 Å². The molecule has 2 aromatic heterocycles. The Labute approximate surface area is 211 Å². The molecular formula is C24H28F3N5O3S. The van der Waals surface area contributed by atoms with E-state index in [1.165, 1.54) is 0 Å². The van der Waals surface area contributed by atoms with Crippen LogP contribution in [0.2, 0.25) is 0 Å². The lowest BCUT2D eigenvalue weighted by atomic mass is 10.0. The number of carboxylic acids is 1. The number of halogens is 3. The molecule has 1 amide bonds. The Morgan fingerprint density at radius 3 is 2.31 bits per heavy atom. The quantitative estimate of drug-likeness (QED) is 0.298. The molecule has 8 nitrogen and oxygen atoms in total. The standard InChI is InChI=1S/C22H27N5OS.C2HF3O2/c1-15(2)12-19(21(28)23-14-18-10-7-11-29-18)26-20-13-16(3)24-22(27-20)25-17-8-5-4-6-9-17;3-2(4,5)1(6)7/h4-11,13,15,19H,12,14H2,1-3H3,(H,23,28)(H2,24,25,26,27);(H,6,7)/t19-;/m0./s1. The van der Waals surface area contributed by atoms with Crippen LogP contribution in [0.1, 0.15) is 30.8 Å². The summed E-state index contributed by atoms with van der Waals surface area (Å²) >= 11 is 1.64. The number of hydrogen-bond donors (Lipinski definition) is 4. The maximum Gasteiger partial charge on any atom is 0.490 e. The van der Waals surface area contributed by atoms with Gasteiger partial charge >= 0.3 is 12.1 Å². The molecule has 4 N–H and O–H groups in total. The van der Waals surface area contributed by atoms with Gasteiger partial charge in [0.25, 0.3) is 0 Å². The lowest BCUT2D eigenvalue weighted by molar-refractivity contribution is -0.192. The van der Waals surface area contributed by atoms with Gasteiger partial charge in [0.05, 0.1) is 6.54 Å². The van der Waals surface area contributed by atoms with Gasteiger partial charge in [-0.15, -0.1) is 11.3 Å². The third-order valence-electron chi connectivity index (χ3n) is 4.49. The molecule has 3 aromatic rings. The minimum Gasteiger partial charge on any atom is -0.475 e. The fourth-order valence-electron chi connectivity index (χ4n) is 2.94. The Morgan fingerprint density at radius 1 is 1.08 bits per heavy atom. The molecule has 0 spiro atoms. The summed E-state index contributed by atoms with van der Waals surface area (Å²) in [5, 5.41) is 18.7. The highest BCUT2D eigenvalue weighted by Gasteiger charge is 2.38. The molecule has 194 valence electrons. The van der Waals surface area contributed by atoms with Gasteiger partial charge in [0.1, 0.15) is 11.9 Å². The van der Waals surface area contributed by atoms with Gasteiger partial charge in [-0.05, 0) is 42.8 Å². The molecule has 1 aromatic carbocycles. The molecule has 0 aliphatic heterocycles. The first-order valence-corrected chi connectivity index (χ1v) is 11.9. The molecule has 3 rings (SSSR count). The van der Waals surface area contributed by atoms with Gasteiger partial charge < -0.3 is 21.1 Å². The van der Waals surface area contributed by atoms with E-state index in [9.17, 15) is 18.0 Å². The van der Waals surface area contributed by atoms with Crippen molar-refractivity contribution in [2.24, 2.45) is 5.92 Å². The molecule has 0 aliphatic carbocycles. The molecule has 0 saturated carbocycles. The second-order valence-electron chi connectivity index (χ2n) is 8.14. The summed E-state index contributed by atoms with van der Waals surface area (Å²) in [4.78, 5) is 31.8. The molecule has 0 aliphatic rings. The van der Waals surface area contributed by atoms with E-state index in [1.807, 2.05) is 60.8 Å². The zero-order chi connectivity index (χ0) is 26.7. The number of nitrogens with zero attached hydrogens (tertiary/aromatic N) is 2. The third-order valence-corrected chi connectivity index (χ3v) is 5.37. The van der Waals surface area contributed by atoms with E-state index in [4.69, 9.17) is 9.90 Å². The fraction of sp³-hybridized carbons (Fsp3) is 0.333. The minimum absolute atomic E-state index is 0.0269. The first-order chi connectivity index (χ1) is 16.9.